The number of benzene rings is 1. The average molecular weight is 284 g/mol. The summed E-state index contributed by atoms with van der Waals surface area (Å²) in [6.07, 6.45) is 0. The Kier molecular flexibility index (Phi) is 3.69. The lowest BCUT2D eigenvalue weighted by atomic mass is 9.91. The van der Waals surface area contributed by atoms with Gasteiger partial charge in [0, 0.05) is 16.1 Å². The van der Waals surface area contributed by atoms with E-state index in [0.29, 0.717) is 6.61 Å². The van der Waals surface area contributed by atoms with Gasteiger partial charge in [0.25, 0.3) is 0 Å². The molecule has 1 aliphatic rings. The van der Waals surface area contributed by atoms with Crippen LogP contribution in [-0.2, 0) is 10.5 Å². The SMILES string of the molecule is Cc1cc(C2(O)OCC(C)(C)NC2C)cc(C)c1Cl. The largest absolute Gasteiger partial charge is 0.361 e. The normalized spacial score (nSPS) is 30.4. The lowest BCUT2D eigenvalue weighted by Gasteiger charge is -2.46. The lowest BCUT2D eigenvalue weighted by molar-refractivity contribution is -0.263. The highest BCUT2D eigenvalue weighted by atomic mass is 35.5. The Bertz CT molecular complexity index is 478. The second-order valence-corrected chi connectivity index (χ2v) is 6.54. The maximum atomic E-state index is 10.9. The first-order valence-electron chi connectivity index (χ1n) is 6.57. The number of hydrogen-bond acceptors (Lipinski definition) is 3. The molecule has 1 aromatic carbocycles. The van der Waals surface area contributed by atoms with Crippen molar-refractivity contribution < 1.29 is 9.84 Å². The molecule has 19 heavy (non-hydrogen) atoms. The van der Waals surface area contributed by atoms with Gasteiger partial charge < -0.3 is 15.2 Å². The van der Waals surface area contributed by atoms with Crippen molar-refractivity contribution in [2.75, 3.05) is 6.61 Å². The van der Waals surface area contributed by atoms with Crippen molar-refractivity contribution in [2.45, 2.75) is 52.0 Å². The summed E-state index contributed by atoms with van der Waals surface area (Å²) in [6, 6.07) is 3.59. The molecule has 1 fully saturated rings. The Morgan fingerprint density at radius 1 is 1.32 bits per heavy atom. The summed E-state index contributed by atoms with van der Waals surface area (Å²) >= 11 is 6.18. The minimum absolute atomic E-state index is 0.137. The molecule has 1 aliphatic heterocycles. The third-order valence-corrected chi connectivity index (χ3v) is 4.29. The molecule has 0 bridgehead atoms. The van der Waals surface area contributed by atoms with Gasteiger partial charge in [-0.25, -0.2) is 0 Å². The van der Waals surface area contributed by atoms with E-state index in [-0.39, 0.29) is 11.6 Å². The molecule has 0 spiro atoms. The molecule has 1 aromatic rings. The second kappa shape index (κ2) is 4.74. The zero-order chi connectivity index (χ0) is 14.4. The number of aryl methyl sites for hydroxylation is 2. The molecule has 0 saturated carbocycles. The van der Waals surface area contributed by atoms with Crippen LogP contribution in [0.15, 0.2) is 12.1 Å². The maximum Gasteiger partial charge on any atom is 0.208 e. The number of nitrogens with one attached hydrogen (secondary N) is 1. The number of morpholine rings is 1. The monoisotopic (exact) mass is 283 g/mol. The highest BCUT2D eigenvalue weighted by molar-refractivity contribution is 6.32. The van der Waals surface area contributed by atoms with Crippen molar-refractivity contribution in [3.8, 4) is 0 Å². The summed E-state index contributed by atoms with van der Waals surface area (Å²) in [5, 5.41) is 15.0. The van der Waals surface area contributed by atoms with Crippen LogP contribution >= 0.6 is 11.6 Å². The number of rotatable bonds is 1. The van der Waals surface area contributed by atoms with Gasteiger partial charge in [-0.15, -0.1) is 0 Å². The first-order valence-corrected chi connectivity index (χ1v) is 6.95. The van der Waals surface area contributed by atoms with Crippen molar-refractivity contribution in [1.82, 2.24) is 5.32 Å². The zero-order valence-corrected chi connectivity index (χ0v) is 12.9. The second-order valence-electron chi connectivity index (χ2n) is 6.16. The number of aliphatic hydroxyl groups is 1. The number of ether oxygens (including phenoxy) is 1. The van der Waals surface area contributed by atoms with E-state index in [1.165, 1.54) is 0 Å². The fraction of sp³-hybridized carbons (Fsp3) is 0.600. The van der Waals surface area contributed by atoms with E-state index >= 15 is 0 Å². The predicted octanol–water partition coefficient (Wildman–Crippen LogP) is 2.89. The van der Waals surface area contributed by atoms with E-state index in [0.717, 1.165) is 21.7 Å². The standard InChI is InChI=1S/C15H22ClNO2/c1-9-6-12(7-10(2)13(9)16)15(18)11(3)17-14(4,5)8-19-15/h6-7,11,17-18H,8H2,1-5H3. The molecule has 2 unspecified atom stereocenters. The quantitative estimate of drug-likeness (QED) is 0.833. The Morgan fingerprint density at radius 2 is 1.84 bits per heavy atom. The number of hydrogen-bond donors (Lipinski definition) is 2. The molecule has 0 radical (unpaired) electrons. The highest BCUT2D eigenvalue weighted by Gasteiger charge is 2.45. The molecular weight excluding hydrogens is 262 g/mol. The first kappa shape index (κ1) is 14.8. The summed E-state index contributed by atoms with van der Waals surface area (Å²) in [5.41, 5.74) is 2.51. The average Bonchev–Trinajstić information content (AvgIpc) is 2.30. The Labute approximate surface area is 119 Å². The third kappa shape index (κ3) is 2.65. The van der Waals surface area contributed by atoms with E-state index in [4.69, 9.17) is 16.3 Å². The van der Waals surface area contributed by atoms with Gasteiger partial charge >= 0.3 is 0 Å². The molecule has 0 amide bonds. The van der Waals surface area contributed by atoms with Crippen LogP contribution < -0.4 is 5.32 Å². The van der Waals surface area contributed by atoms with E-state index in [2.05, 4.69) is 19.2 Å². The smallest absolute Gasteiger partial charge is 0.208 e. The molecule has 2 N–H and O–H groups in total. The molecule has 0 aliphatic carbocycles. The van der Waals surface area contributed by atoms with E-state index in [1.54, 1.807) is 0 Å². The fourth-order valence-corrected chi connectivity index (χ4v) is 2.74. The van der Waals surface area contributed by atoms with Crippen LogP contribution in [0.2, 0.25) is 5.02 Å². The molecule has 2 rings (SSSR count). The minimum Gasteiger partial charge on any atom is -0.361 e. The van der Waals surface area contributed by atoms with Crippen LogP contribution in [0, 0.1) is 13.8 Å². The topological polar surface area (TPSA) is 41.5 Å². The third-order valence-electron chi connectivity index (χ3n) is 3.70. The minimum atomic E-state index is -1.31. The van der Waals surface area contributed by atoms with Gasteiger partial charge in [0.15, 0.2) is 0 Å². The molecule has 2 atom stereocenters. The Morgan fingerprint density at radius 3 is 2.32 bits per heavy atom. The van der Waals surface area contributed by atoms with E-state index in [1.807, 2.05) is 32.9 Å². The van der Waals surface area contributed by atoms with Crippen molar-refractivity contribution in [3.05, 3.63) is 33.8 Å². The van der Waals surface area contributed by atoms with Crippen LogP contribution in [0.5, 0.6) is 0 Å². The molecule has 0 aromatic heterocycles. The summed E-state index contributed by atoms with van der Waals surface area (Å²) < 4.78 is 5.78. The molecular formula is C15H22ClNO2. The van der Waals surface area contributed by atoms with Gasteiger partial charge in [-0.3, -0.25) is 0 Å². The summed E-state index contributed by atoms with van der Waals surface area (Å²) in [6.45, 7) is 10.4. The molecule has 1 saturated heterocycles. The molecule has 3 nitrogen and oxygen atoms in total. The maximum absolute atomic E-state index is 10.9. The summed E-state index contributed by atoms with van der Waals surface area (Å²) in [4.78, 5) is 0. The van der Waals surface area contributed by atoms with Gasteiger partial charge in [-0.1, -0.05) is 11.6 Å². The van der Waals surface area contributed by atoms with Crippen LogP contribution in [-0.4, -0.2) is 23.3 Å². The van der Waals surface area contributed by atoms with E-state index in [9.17, 15) is 5.11 Å². The van der Waals surface area contributed by atoms with Gasteiger partial charge in [0.2, 0.25) is 5.79 Å². The summed E-state index contributed by atoms with van der Waals surface area (Å²) in [5.74, 6) is -1.31. The van der Waals surface area contributed by atoms with Crippen LogP contribution in [0.1, 0.15) is 37.5 Å². The van der Waals surface area contributed by atoms with Crippen LogP contribution in [0.4, 0.5) is 0 Å². The van der Waals surface area contributed by atoms with Crippen LogP contribution in [0.3, 0.4) is 0 Å². The van der Waals surface area contributed by atoms with Gasteiger partial charge in [0.1, 0.15) is 0 Å². The predicted molar refractivity (Wildman–Crippen MR) is 77.5 cm³/mol. The van der Waals surface area contributed by atoms with Gasteiger partial charge in [0.05, 0.1) is 12.6 Å². The number of halogens is 1. The Hall–Kier alpha value is -0.610. The van der Waals surface area contributed by atoms with Crippen molar-refractivity contribution >= 4 is 11.6 Å². The molecule has 4 heteroatoms. The first-order chi connectivity index (χ1) is 8.66. The zero-order valence-electron chi connectivity index (χ0n) is 12.2. The van der Waals surface area contributed by atoms with Crippen molar-refractivity contribution in [1.29, 1.82) is 0 Å². The van der Waals surface area contributed by atoms with Crippen LogP contribution in [0.25, 0.3) is 0 Å². The van der Waals surface area contributed by atoms with Crippen molar-refractivity contribution in [3.63, 3.8) is 0 Å². The van der Waals surface area contributed by atoms with Crippen molar-refractivity contribution in [2.24, 2.45) is 0 Å². The van der Waals surface area contributed by atoms with E-state index < -0.39 is 5.79 Å². The molecule has 106 valence electrons. The molecule has 1 heterocycles. The lowest BCUT2D eigenvalue weighted by Crippen LogP contribution is -2.63. The van der Waals surface area contributed by atoms with Gasteiger partial charge in [-0.2, -0.15) is 0 Å². The summed E-state index contributed by atoms with van der Waals surface area (Å²) in [7, 11) is 0. The van der Waals surface area contributed by atoms with Gasteiger partial charge in [-0.05, 0) is 57.9 Å². The Balaban J connectivity index is 2.41. The fourth-order valence-electron chi connectivity index (χ4n) is 2.63. The highest BCUT2D eigenvalue weighted by Crippen LogP contribution is 2.35.